The normalized spacial score (nSPS) is 10.1. The molecular formula is C21H20N2O4. The molecule has 0 aliphatic rings. The third kappa shape index (κ3) is 4.30. The van der Waals surface area contributed by atoms with E-state index in [9.17, 15) is 9.90 Å². The Kier molecular flexibility index (Phi) is 5.47. The van der Waals surface area contributed by atoms with Crippen molar-refractivity contribution in [2.75, 3.05) is 24.9 Å². The number of amides is 2. The molecule has 0 atom stereocenters. The summed E-state index contributed by atoms with van der Waals surface area (Å²) in [5.74, 6) is 1.06. The minimum Gasteiger partial charge on any atom is -0.506 e. The number of carbonyl (C=O) groups is 1. The molecule has 0 fully saturated rings. The summed E-state index contributed by atoms with van der Waals surface area (Å²) in [6, 6.07) is 19.3. The van der Waals surface area contributed by atoms with E-state index in [4.69, 9.17) is 9.47 Å². The molecule has 0 unspecified atom stereocenters. The molecule has 6 heteroatoms. The highest BCUT2D eigenvalue weighted by atomic mass is 16.5. The average molecular weight is 364 g/mol. The largest absolute Gasteiger partial charge is 0.506 e. The number of carbonyl (C=O) groups excluding carboxylic acids is 1. The number of benzene rings is 3. The van der Waals surface area contributed by atoms with E-state index in [0.717, 1.165) is 11.1 Å². The van der Waals surface area contributed by atoms with Crippen LogP contribution in [0.5, 0.6) is 17.2 Å². The van der Waals surface area contributed by atoms with E-state index in [1.54, 1.807) is 43.5 Å². The fourth-order valence-electron chi connectivity index (χ4n) is 2.62. The molecule has 0 heterocycles. The smallest absolute Gasteiger partial charge is 0.323 e. The van der Waals surface area contributed by atoms with Crippen molar-refractivity contribution in [2.45, 2.75) is 0 Å². The number of anilines is 2. The van der Waals surface area contributed by atoms with Gasteiger partial charge in [0.05, 0.1) is 25.6 Å². The van der Waals surface area contributed by atoms with Crippen LogP contribution in [0.25, 0.3) is 11.1 Å². The summed E-state index contributed by atoms with van der Waals surface area (Å²) in [7, 11) is 3.06. The molecule has 0 aromatic heterocycles. The molecule has 0 saturated heterocycles. The highest BCUT2D eigenvalue weighted by Crippen LogP contribution is 2.31. The molecule has 0 radical (unpaired) electrons. The number of phenols is 1. The highest BCUT2D eigenvalue weighted by molar-refractivity contribution is 6.02. The first-order valence-electron chi connectivity index (χ1n) is 8.29. The quantitative estimate of drug-likeness (QED) is 0.572. The number of hydrogen-bond donors (Lipinski definition) is 3. The van der Waals surface area contributed by atoms with Crippen LogP contribution < -0.4 is 20.1 Å². The van der Waals surface area contributed by atoms with Crippen LogP contribution in [0, 0.1) is 0 Å². The van der Waals surface area contributed by atoms with Gasteiger partial charge in [-0.1, -0.05) is 36.4 Å². The van der Waals surface area contributed by atoms with Gasteiger partial charge in [-0.15, -0.1) is 0 Å². The van der Waals surface area contributed by atoms with Crippen LogP contribution in [0.15, 0.2) is 66.7 Å². The molecule has 3 aromatic carbocycles. The van der Waals surface area contributed by atoms with Gasteiger partial charge in [0.25, 0.3) is 0 Å². The Morgan fingerprint density at radius 3 is 2.26 bits per heavy atom. The number of rotatable bonds is 5. The summed E-state index contributed by atoms with van der Waals surface area (Å²) < 4.78 is 10.4. The Morgan fingerprint density at radius 1 is 0.815 bits per heavy atom. The maximum atomic E-state index is 12.4. The Morgan fingerprint density at radius 2 is 1.56 bits per heavy atom. The number of nitrogens with one attached hydrogen (secondary N) is 2. The minimum atomic E-state index is -0.501. The van der Waals surface area contributed by atoms with E-state index >= 15 is 0 Å². The SMILES string of the molecule is COc1ccc(NC(=O)Nc2cc(-c3ccccc3)ccc2O)c(OC)c1. The fourth-order valence-corrected chi connectivity index (χ4v) is 2.62. The van der Waals surface area contributed by atoms with Crippen molar-refractivity contribution in [3.63, 3.8) is 0 Å². The molecule has 0 spiro atoms. The van der Waals surface area contributed by atoms with Gasteiger partial charge >= 0.3 is 6.03 Å². The third-order valence-corrected chi connectivity index (χ3v) is 4.01. The molecule has 0 saturated carbocycles. The maximum absolute atomic E-state index is 12.4. The van der Waals surface area contributed by atoms with Crippen LogP contribution in [-0.2, 0) is 0 Å². The van der Waals surface area contributed by atoms with Gasteiger partial charge in [-0.2, -0.15) is 0 Å². The van der Waals surface area contributed by atoms with Crippen molar-refractivity contribution in [1.29, 1.82) is 0 Å². The van der Waals surface area contributed by atoms with Crippen molar-refractivity contribution in [3.05, 3.63) is 66.7 Å². The van der Waals surface area contributed by atoms with Crippen LogP contribution in [-0.4, -0.2) is 25.4 Å². The van der Waals surface area contributed by atoms with Crippen molar-refractivity contribution >= 4 is 17.4 Å². The van der Waals surface area contributed by atoms with Gasteiger partial charge in [0, 0.05) is 6.07 Å². The van der Waals surface area contributed by atoms with Crippen molar-refractivity contribution in [3.8, 4) is 28.4 Å². The zero-order valence-electron chi connectivity index (χ0n) is 15.0. The first-order chi connectivity index (χ1) is 13.1. The summed E-state index contributed by atoms with van der Waals surface area (Å²) >= 11 is 0. The predicted octanol–water partition coefficient (Wildman–Crippen LogP) is 4.72. The second-order valence-corrected chi connectivity index (χ2v) is 5.74. The van der Waals surface area contributed by atoms with Crippen molar-refractivity contribution in [2.24, 2.45) is 0 Å². The number of hydrogen-bond acceptors (Lipinski definition) is 4. The van der Waals surface area contributed by atoms with E-state index in [0.29, 0.717) is 22.9 Å². The first kappa shape index (κ1) is 18.1. The summed E-state index contributed by atoms with van der Waals surface area (Å²) in [5, 5.41) is 15.5. The van der Waals surface area contributed by atoms with Crippen LogP contribution in [0.1, 0.15) is 0 Å². The van der Waals surface area contributed by atoms with E-state index < -0.39 is 6.03 Å². The van der Waals surface area contributed by atoms with Crippen LogP contribution >= 0.6 is 0 Å². The first-order valence-corrected chi connectivity index (χ1v) is 8.29. The molecule has 6 nitrogen and oxygen atoms in total. The molecule has 2 amide bonds. The Balaban J connectivity index is 1.78. The lowest BCUT2D eigenvalue weighted by Crippen LogP contribution is -2.20. The molecule has 0 bridgehead atoms. The van der Waals surface area contributed by atoms with Gasteiger partial charge in [-0.05, 0) is 35.4 Å². The second kappa shape index (κ2) is 8.14. The average Bonchev–Trinajstić information content (AvgIpc) is 2.70. The molecule has 3 aromatic rings. The molecule has 3 N–H and O–H groups in total. The summed E-state index contributed by atoms with van der Waals surface area (Å²) in [6.45, 7) is 0. The zero-order chi connectivity index (χ0) is 19.2. The molecule has 0 aliphatic carbocycles. The maximum Gasteiger partial charge on any atom is 0.323 e. The molecule has 138 valence electrons. The number of phenolic OH excluding ortho intramolecular Hbond substituents is 1. The third-order valence-electron chi connectivity index (χ3n) is 4.01. The van der Waals surface area contributed by atoms with Crippen LogP contribution in [0.4, 0.5) is 16.2 Å². The van der Waals surface area contributed by atoms with Gasteiger partial charge in [-0.3, -0.25) is 0 Å². The molecule has 0 aliphatic heterocycles. The molecule has 27 heavy (non-hydrogen) atoms. The zero-order valence-corrected chi connectivity index (χ0v) is 15.0. The number of aromatic hydroxyl groups is 1. The van der Waals surface area contributed by atoms with Gasteiger partial charge < -0.3 is 25.2 Å². The van der Waals surface area contributed by atoms with Gasteiger partial charge in [0.1, 0.15) is 17.2 Å². The van der Waals surface area contributed by atoms with Gasteiger partial charge in [0.2, 0.25) is 0 Å². The standard InChI is InChI=1S/C21H20N2O4/c1-26-16-9-10-17(20(13-16)27-2)22-21(25)23-18-12-15(8-11-19(18)24)14-6-4-3-5-7-14/h3-13,24H,1-2H3,(H2,22,23,25). The predicted molar refractivity (Wildman–Crippen MR) is 106 cm³/mol. The topological polar surface area (TPSA) is 79.8 Å². The number of ether oxygens (including phenoxy) is 2. The lowest BCUT2D eigenvalue weighted by molar-refractivity contribution is 0.262. The summed E-state index contributed by atoms with van der Waals surface area (Å²) in [5.41, 5.74) is 2.65. The van der Waals surface area contributed by atoms with E-state index in [1.807, 2.05) is 30.3 Å². The van der Waals surface area contributed by atoms with Gasteiger partial charge in [-0.25, -0.2) is 4.79 Å². The molecule has 3 rings (SSSR count). The summed E-state index contributed by atoms with van der Waals surface area (Å²) in [4.78, 5) is 12.4. The monoisotopic (exact) mass is 364 g/mol. The Bertz CT molecular complexity index is 942. The van der Waals surface area contributed by atoms with Crippen molar-refractivity contribution < 1.29 is 19.4 Å². The van der Waals surface area contributed by atoms with E-state index in [-0.39, 0.29) is 5.75 Å². The Hall–Kier alpha value is -3.67. The highest BCUT2D eigenvalue weighted by Gasteiger charge is 2.12. The van der Waals surface area contributed by atoms with Crippen LogP contribution in [0.3, 0.4) is 0 Å². The number of methoxy groups -OCH3 is 2. The van der Waals surface area contributed by atoms with Crippen LogP contribution in [0.2, 0.25) is 0 Å². The fraction of sp³-hybridized carbons (Fsp3) is 0.0952. The second-order valence-electron chi connectivity index (χ2n) is 5.74. The summed E-state index contributed by atoms with van der Waals surface area (Å²) in [6.07, 6.45) is 0. The lowest BCUT2D eigenvalue weighted by atomic mass is 10.0. The number of urea groups is 1. The van der Waals surface area contributed by atoms with Crippen molar-refractivity contribution in [1.82, 2.24) is 0 Å². The van der Waals surface area contributed by atoms with E-state index in [1.165, 1.54) is 7.11 Å². The van der Waals surface area contributed by atoms with E-state index in [2.05, 4.69) is 10.6 Å². The molecular weight excluding hydrogens is 344 g/mol. The minimum absolute atomic E-state index is 0.0217. The van der Waals surface area contributed by atoms with Gasteiger partial charge in [0.15, 0.2) is 0 Å². The lowest BCUT2D eigenvalue weighted by Gasteiger charge is -2.13. The Labute approximate surface area is 157 Å².